The van der Waals surface area contributed by atoms with Crippen LogP contribution in [0, 0.1) is 0 Å². The molecule has 0 bridgehead atoms. The van der Waals surface area contributed by atoms with E-state index in [4.69, 9.17) is 16.7 Å². The molecule has 0 unspecified atom stereocenters. The molecule has 1 aromatic carbocycles. The van der Waals surface area contributed by atoms with Gasteiger partial charge in [0.05, 0.1) is 0 Å². The van der Waals surface area contributed by atoms with Crippen molar-refractivity contribution >= 4 is 27.6 Å². The summed E-state index contributed by atoms with van der Waals surface area (Å²) in [4.78, 5) is 13.0. The molecule has 0 aliphatic heterocycles. The first-order valence-electron chi connectivity index (χ1n) is 6.00. The highest BCUT2D eigenvalue weighted by Gasteiger charge is 2.22. The van der Waals surface area contributed by atoms with Crippen molar-refractivity contribution in [3.63, 3.8) is 0 Å². The average molecular weight is 329 g/mol. The van der Waals surface area contributed by atoms with Crippen molar-refractivity contribution < 1.29 is 18.3 Å². The molecule has 112 valence electrons. The Morgan fingerprint density at radius 1 is 1.38 bits per heavy atom. The first kappa shape index (κ1) is 15.6. The van der Waals surface area contributed by atoms with Crippen molar-refractivity contribution in [3.05, 3.63) is 52.8 Å². The van der Waals surface area contributed by atoms with Crippen LogP contribution in [0.2, 0.25) is 5.02 Å². The van der Waals surface area contributed by atoms with Crippen LogP contribution in [0.25, 0.3) is 0 Å². The summed E-state index contributed by atoms with van der Waals surface area (Å²) in [5, 5.41) is 9.25. The van der Waals surface area contributed by atoms with E-state index in [1.165, 1.54) is 0 Å². The van der Waals surface area contributed by atoms with E-state index in [2.05, 4.69) is 9.71 Å². The maximum atomic E-state index is 12.2. The van der Waals surface area contributed by atoms with Gasteiger partial charge in [-0.2, -0.15) is 0 Å². The first-order valence-corrected chi connectivity index (χ1v) is 7.86. The van der Waals surface area contributed by atoms with Crippen LogP contribution >= 0.6 is 11.6 Å². The largest absolute Gasteiger partial charge is 0.477 e. The lowest BCUT2D eigenvalue weighted by Gasteiger charge is -2.15. The number of hydrogen-bond acceptors (Lipinski definition) is 3. The van der Waals surface area contributed by atoms with Gasteiger partial charge < -0.3 is 10.1 Å². The molecule has 8 heteroatoms. The smallest absolute Gasteiger partial charge is 0.352 e. The second-order valence-corrected chi connectivity index (χ2v) is 6.54. The molecule has 0 saturated heterocycles. The second-order valence-electron chi connectivity index (χ2n) is 4.42. The molecule has 0 amide bonds. The fraction of sp³-hybridized carbons (Fsp3) is 0.154. The van der Waals surface area contributed by atoms with E-state index >= 15 is 0 Å². The van der Waals surface area contributed by atoms with Crippen molar-refractivity contribution in [2.75, 3.05) is 0 Å². The van der Waals surface area contributed by atoms with Crippen molar-refractivity contribution in [2.45, 2.75) is 17.9 Å². The number of benzene rings is 1. The Morgan fingerprint density at radius 2 is 2.05 bits per heavy atom. The zero-order chi connectivity index (χ0) is 15.6. The monoisotopic (exact) mass is 328 g/mol. The maximum absolute atomic E-state index is 12.2. The van der Waals surface area contributed by atoms with Crippen molar-refractivity contribution in [1.29, 1.82) is 0 Å². The Morgan fingerprint density at radius 3 is 2.62 bits per heavy atom. The molecule has 1 heterocycles. The minimum atomic E-state index is -3.84. The summed E-state index contributed by atoms with van der Waals surface area (Å²) in [6.45, 7) is 1.66. The molecule has 2 rings (SSSR count). The number of rotatable bonds is 5. The van der Waals surface area contributed by atoms with Crippen molar-refractivity contribution in [1.82, 2.24) is 9.71 Å². The van der Waals surface area contributed by atoms with E-state index in [1.807, 2.05) is 0 Å². The average Bonchev–Trinajstić information content (AvgIpc) is 2.89. The summed E-state index contributed by atoms with van der Waals surface area (Å²) in [5.74, 6) is -1.23. The summed E-state index contributed by atoms with van der Waals surface area (Å²) in [6.07, 6.45) is 1.13. The lowest BCUT2D eigenvalue weighted by atomic mass is 10.1. The number of carboxylic acid groups (broad SMARTS) is 1. The number of halogens is 1. The van der Waals surface area contributed by atoms with Gasteiger partial charge in [-0.3, -0.25) is 0 Å². The molecule has 0 spiro atoms. The van der Waals surface area contributed by atoms with Gasteiger partial charge in [0.1, 0.15) is 10.6 Å². The fourth-order valence-electron chi connectivity index (χ4n) is 1.84. The molecule has 0 saturated carbocycles. The number of hydrogen-bond donors (Lipinski definition) is 3. The zero-order valence-electron chi connectivity index (χ0n) is 11.0. The van der Waals surface area contributed by atoms with Gasteiger partial charge in [-0.1, -0.05) is 29.8 Å². The highest BCUT2D eigenvalue weighted by Crippen LogP contribution is 2.24. The van der Waals surface area contributed by atoms with Crippen LogP contribution in [0.15, 0.2) is 41.4 Å². The summed E-state index contributed by atoms with van der Waals surface area (Å²) >= 11 is 6.02. The van der Waals surface area contributed by atoms with Gasteiger partial charge in [-0.15, -0.1) is 0 Å². The van der Waals surface area contributed by atoms with Gasteiger partial charge in [0.25, 0.3) is 0 Å². The third-order valence-electron chi connectivity index (χ3n) is 2.90. The minimum absolute atomic E-state index is 0.140. The van der Waals surface area contributed by atoms with Gasteiger partial charge >= 0.3 is 5.97 Å². The predicted molar refractivity (Wildman–Crippen MR) is 77.9 cm³/mol. The predicted octanol–water partition coefficient (Wildman–Crippen LogP) is 2.41. The molecule has 1 atom stereocenters. The number of aromatic amines is 1. The standard InChI is InChI=1S/C13H13ClN2O4S/c1-8(10-4-2-3-5-11(10)14)16-21(19,20)9-6-12(13(17)18)15-7-9/h2-8,15-16H,1H3,(H,17,18)/t8-/m1/s1. The topological polar surface area (TPSA) is 99.3 Å². The Kier molecular flexibility index (Phi) is 4.36. The Balaban J connectivity index is 2.24. The summed E-state index contributed by atoms with van der Waals surface area (Å²) in [5.41, 5.74) is 0.442. The van der Waals surface area contributed by atoms with E-state index in [0.717, 1.165) is 12.3 Å². The van der Waals surface area contributed by atoms with E-state index < -0.39 is 22.0 Å². The van der Waals surface area contributed by atoms with Crippen LogP contribution in [0.4, 0.5) is 0 Å². The van der Waals surface area contributed by atoms with Crippen LogP contribution in [0.1, 0.15) is 29.0 Å². The number of aromatic nitrogens is 1. The molecule has 6 nitrogen and oxygen atoms in total. The van der Waals surface area contributed by atoms with E-state index in [1.54, 1.807) is 31.2 Å². The number of nitrogens with one attached hydrogen (secondary N) is 2. The fourth-order valence-corrected chi connectivity index (χ4v) is 3.36. The molecule has 0 aliphatic rings. The van der Waals surface area contributed by atoms with E-state index in [0.29, 0.717) is 10.6 Å². The number of carboxylic acids is 1. The van der Waals surface area contributed by atoms with Crippen LogP contribution < -0.4 is 4.72 Å². The number of carbonyl (C=O) groups is 1. The van der Waals surface area contributed by atoms with Crippen LogP contribution in [0.3, 0.4) is 0 Å². The summed E-state index contributed by atoms with van der Waals surface area (Å²) in [7, 11) is -3.84. The SMILES string of the molecule is C[C@@H](NS(=O)(=O)c1c[nH]c(C(=O)O)c1)c1ccccc1Cl. The Hall–Kier alpha value is -1.83. The number of sulfonamides is 1. The minimum Gasteiger partial charge on any atom is -0.477 e. The normalized spacial score (nSPS) is 13.0. The van der Waals surface area contributed by atoms with Gasteiger partial charge in [-0.25, -0.2) is 17.9 Å². The number of H-pyrrole nitrogens is 1. The molecule has 0 aliphatic carbocycles. The molecular weight excluding hydrogens is 316 g/mol. The molecule has 1 aromatic heterocycles. The summed E-state index contributed by atoms with van der Waals surface area (Å²) in [6, 6.07) is 7.40. The first-order chi connectivity index (χ1) is 9.81. The quantitative estimate of drug-likeness (QED) is 0.784. The Bertz CT molecular complexity index is 770. The molecule has 0 radical (unpaired) electrons. The van der Waals surface area contributed by atoms with Crippen LogP contribution in [0.5, 0.6) is 0 Å². The Labute approximate surface area is 126 Å². The van der Waals surface area contributed by atoms with Gasteiger partial charge in [0, 0.05) is 17.3 Å². The van der Waals surface area contributed by atoms with Gasteiger partial charge in [0.2, 0.25) is 10.0 Å². The molecule has 0 fully saturated rings. The molecule has 3 N–H and O–H groups in total. The van der Waals surface area contributed by atoms with Gasteiger partial charge in [0.15, 0.2) is 0 Å². The molecular formula is C13H13ClN2O4S. The van der Waals surface area contributed by atoms with Crippen molar-refractivity contribution in [3.8, 4) is 0 Å². The van der Waals surface area contributed by atoms with Crippen molar-refractivity contribution in [2.24, 2.45) is 0 Å². The zero-order valence-corrected chi connectivity index (χ0v) is 12.6. The van der Waals surface area contributed by atoms with Gasteiger partial charge in [-0.05, 0) is 24.6 Å². The third-order valence-corrected chi connectivity index (χ3v) is 4.77. The highest BCUT2D eigenvalue weighted by atomic mass is 35.5. The lowest BCUT2D eigenvalue weighted by molar-refractivity contribution is 0.0691. The lowest BCUT2D eigenvalue weighted by Crippen LogP contribution is -2.26. The number of aromatic carboxylic acids is 1. The molecule has 21 heavy (non-hydrogen) atoms. The second kappa shape index (κ2) is 5.88. The summed E-state index contributed by atoms with van der Waals surface area (Å²) < 4.78 is 26.8. The maximum Gasteiger partial charge on any atom is 0.352 e. The van der Waals surface area contributed by atoms with E-state index in [-0.39, 0.29) is 10.6 Å². The van der Waals surface area contributed by atoms with E-state index in [9.17, 15) is 13.2 Å². The third kappa shape index (κ3) is 3.44. The van der Waals surface area contributed by atoms with Crippen LogP contribution in [-0.4, -0.2) is 24.5 Å². The highest BCUT2D eigenvalue weighted by molar-refractivity contribution is 7.89. The van der Waals surface area contributed by atoms with Crippen LogP contribution in [-0.2, 0) is 10.0 Å². The molecule has 2 aromatic rings.